The number of fused-ring (bicyclic) bond motifs is 1. The summed E-state index contributed by atoms with van der Waals surface area (Å²) in [5.74, 6) is -0.447. The lowest BCUT2D eigenvalue weighted by Gasteiger charge is -2.13. The molecule has 3 aromatic rings. The summed E-state index contributed by atoms with van der Waals surface area (Å²) in [6, 6.07) is 12.7. The van der Waals surface area contributed by atoms with E-state index in [1.807, 2.05) is 6.92 Å². The lowest BCUT2D eigenvalue weighted by Crippen LogP contribution is -2.29. The normalized spacial score (nSPS) is 11.7. The van der Waals surface area contributed by atoms with Crippen molar-refractivity contribution in [2.75, 3.05) is 11.9 Å². The molecule has 1 N–H and O–H groups in total. The maximum Gasteiger partial charge on any atom is 0.349 e. The van der Waals surface area contributed by atoms with Gasteiger partial charge < -0.3 is 14.8 Å². The molecular weight excluding hydrogens is 396 g/mol. The number of nitrogens with zero attached hydrogens (tertiary/aromatic N) is 1. The van der Waals surface area contributed by atoms with Gasteiger partial charge in [-0.3, -0.25) is 14.9 Å². The van der Waals surface area contributed by atoms with Crippen LogP contribution in [0.1, 0.15) is 23.5 Å². The lowest BCUT2D eigenvalue weighted by atomic mass is 10.2. The van der Waals surface area contributed by atoms with Crippen LogP contribution in [0.3, 0.4) is 0 Å². The Hall–Kier alpha value is -3.46. The van der Waals surface area contributed by atoms with Gasteiger partial charge in [-0.05, 0) is 50.2 Å². The van der Waals surface area contributed by atoms with E-state index in [2.05, 4.69) is 5.32 Å². The van der Waals surface area contributed by atoms with Gasteiger partial charge in [-0.1, -0.05) is 0 Å². The first-order valence-corrected chi connectivity index (χ1v) is 9.61. The molecule has 0 spiro atoms. The summed E-state index contributed by atoms with van der Waals surface area (Å²) in [5, 5.41) is 14.1. The van der Waals surface area contributed by atoms with E-state index in [4.69, 9.17) is 9.47 Å². The number of nitro groups is 1. The Bertz CT molecular complexity index is 1060. The third-order valence-corrected chi connectivity index (χ3v) is 5.09. The topological polar surface area (TPSA) is 108 Å². The summed E-state index contributed by atoms with van der Waals surface area (Å²) in [7, 11) is 0. The van der Waals surface area contributed by atoms with Crippen molar-refractivity contribution in [1.29, 1.82) is 0 Å². The minimum absolute atomic E-state index is 0.0571. The molecule has 9 heteroatoms. The molecule has 150 valence electrons. The van der Waals surface area contributed by atoms with Gasteiger partial charge in [0.15, 0.2) is 6.10 Å². The first kappa shape index (κ1) is 20.3. The molecule has 3 rings (SSSR count). The Morgan fingerprint density at radius 3 is 2.55 bits per heavy atom. The molecule has 1 atom stereocenters. The van der Waals surface area contributed by atoms with Gasteiger partial charge in [0.25, 0.3) is 11.6 Å². The molecule has 0 aliphatic carbocycles. The zero-order chi connectivity index (χ0) is 21.0. The number of anilines is 1. The van der Waals surface area contributed by atoms with Gasteiger partial charge in [0.1, 0.15) is 10.6 Å². The highest BCUT2D eigenvalue weighted by atomic mass is 32.1. The van der Waals surface area contributed by atoms with Crippen LogP contribution in [0.5, 0.6) is 5.75 Å². The van der Waals surface area contributed by atoms with Crippen molar-refractivity contribution in [2.24, 2.45) is 0 Å². The van der Waals surface area contributed by atoms with Crippen LogP contribution in [0.4, 0.5) is 11.4 Å². The van der Waals surface area contributed by atoms with Crippen molar-refractivity contribution < 1.29 is 24.0 Å². The Balaban J connectivity index is 1.64. The summed E-state index contributed by atoms with van der Waals surface area (Å²) in [4.78, 5) is 35.3. The number of non-ortho nitro benzene ring substituents is 1. The standard InChI is InChI=1S/C20H18N2O6S/c1-3-27-16-7-4-14(5-8-16)21-19(23)12(2)28-20(24)18-11-13-10-15(22(25)26)6-9-17(13)29-18/h4-12H,3H2,1-2H3,(H,21,23)/t12-/m1/s1. The number of amides is 1. The van der Waals surface area contributed by atoms with Crippen molar-refractivity contribution in [3.8, 4) is 5.75 Å². The highest BCUT2D eigenvalue weighted by molar-refractivity contribution is 7.20. The van der Waals surface area contributed by atoms with Crippen molar-refractivity contribution in [2.45, 2.75) is 20.0 Å². The average molecular weight is 414 g/mol. The predicted octanol–water partition coefficient (Wildman–Crippen LogP) is 4.39. The Kier molecular flexibility index (Phi) is 6.08. The van der Waals surface area contributed by atoms with Crippen LogP contribution in [0.2, 0.25) is 0 Å². The van der Waals surface area contributed by atoms with Crippen molar-refractivity contribution >= 4 is 44.7 Å². The third kappa shape index (κ3) is 4.88. The monoisotopic (exact) mass is 414 g/mol. The number of nitro benzene ring substituents is 1. The first-order chi connectivity index (χ1) is 13.9. The lowest BCUT2D eigenvalue weighted by molar-refractivity contribution is -0.384. The Morgan fingerprint density at radius 1 is 1.17 bits per heavy atom. The fourth-order valence-corrected chi connectivity index (χ4v) is 3.49. The van der Waals surface area contributed by atoms with Gasteiger partial charge in [-0.15, -0.1) is 11.3 Å². The van der Waals surface area contributed by atoms with Gasteiger partial charge in [-0.25, -0.2) is 4.79 Å². The number of hydrogen-bond acceptors (Lipinski definition) is 7. The number of thiophene rings is 1. The van der Waals surface area contributed by atoms with Crippen LogP contribution >= 0.6 is 11.3 Å². The summed E-state index contributed by atoms with van der Waals surface area (Å²) in [6.45, 7) is 3.90. The van der Waals surface area contributed by atoms with Gasteiger partial charge in [0.05, 0.1) is 11.5 Å². The molecule has 0 saturated heterocycles. The largest absolute Gasteiger partial charge is 0.494 e. The SMILES string of the molecule is CCOc1ccc(NC(=O)[C@@H](C)OC(=O)c2cc3cc([N+](=O)[O-])ccc3s2)cc1. The highest BCUT2D eigenvalue weighted by Crippen LogP contribution is 2.29. The molecule has 8 nitrogen and oxygen atoms in total. The fraction of sp³-hybridized carbons (Fsp3) is 0.200. The fourth-order valence-electron chi connectivity index (χ4n) is 2.56. The molecule has 0 aliphatic rings. The van der Waals surface area contributed by atoms with Crippen molar-refractivity contribution in [3.05, 3.63) is 63.5 Å². The summed E-state index contributed by atoms with van der Waals surface area (Å²) in [6.07, 6.45) is -1.02. The maximum absolute atomic E-state index is 12.4. The van der Waals surface area contributed by atoms with Crippen LogP contribution < -0.4 is 10.1 Å². The molecule has 0 radical (unpaired) electrons. The molecule has 0 fully saturated rings. The highest BCUT2D eigenvalue weighted by Gasteiger charge is 2.21. The second kappa shape index (κ2) is 8.70. The number of hydrogen-bond donors (Lipinski definition) is 1. The Labute approximate surface area is 170 Å². The molecule has 0 saturated carbocycles. The number of benzene rings is 2. The summed E-state index contributed by atoms with van der Waals surface area (Å²) >= 11 is 1.15. The number of nitrogens with one attached hydrogen (secondary N) is 1. The van der Waals surface area contributed by atoms with Crippen LogP contribution in [0.25, 0.3) is 10.1 Å². The van der Waals surface area contributed by atoms with Gasteiger partial charge >= 0.3 is 5.97 Å². The van der Waals surface area contributed by atoms with Crippen LogP contribution in [-0.2, 0) is 9.53 Å². The molecule has 0 unspecified atom stereocenters. The number of rotatable bonds is 7. The summed E-state index contributed by atoms with van der Waals surface area (Å²) < 4.78 is 11.3. The summed E-state index contributed by atoms with van der Waals surface area (Å²) in [5.41, 5.74) is 0.494. The van der Waals surface area contributed by atoms with Crippen LogP contribution in [-0.4, -0.2) is 29.5 Å². The molecule has 1 aromatic heterocycles. The molecule has 29 heavy (non-hydrogen) atoms. The van der Waals surface area contributed by atoms with E-state index in [9.17, 15) is 19.7 Å². The molecule has 1 amide bonds. The van der Waals surface area contributed by atoms with E-state index in [0.29, 0.717) is 28.1 Å². The van der Waals surface area contributed by atoms with E-state index < -0.39 is 22.9 Å². The van der Waals surface area contributed by atoms with Gasteiger partial charge in [0, 0.05) is 27.9 Å². The van der Waals surface area contributed by atoms with E-state index in [0.717, 1.165) is 11.3 Å². The molecule has 0 aliphatic heterocycles. The zero-order valence-electron chi connectivity index (χ0n) is 15.7. The van der Waals surface area contributed by atoms with E-state index >= 15 is 0 Å². The molecule has 0 bridgehead atoms. The Morgan fingerprint density at radius 2 is 1.90 bits per heavy atom. The second-order valence-electron chi connectivity index (χ2n) is 6.08. The number of ether oxygens (including phenoxy) is 2. The van der Waals surface area contributed by atoms with E-state index in [-0.39, 0.29) is 10.6 Å². The van der Waals surface area contributed by atoms with Gasteiger partial charge in [0.2, 0.25) is 0 Å². The van der Waals surface area contributed by atoms with Crippen LogP contribution in [0, 0.1) is 10.1 Å². The van der Waals surface area contributed by atoms with Gasteiger partial charge in [-0.2, -0.15) is 0 Å². The second-order valence-corrected chi connectivity index (χ2v) is 7.17. The smallest absolute Gasteiger partial charge is 0.349 e. The van der Waals surface area contributed by atoms with E-state index in [1.54, 1.807) is 30.3 Å². The quantitative estimate of drug-likeness (QED) is 0.349. The average Bonchev–Trinajstić information content (AvgIpc) is 3.13. The van der Waals surface area contributed by atoms with Crippen molar-refractivity contribution in [3.63, 3.8) is 0 Å². The first-order valence-electron chi connectivity index (χ1n) is 8.80. The predicted molar refractivity (Wildman–Crippen MR) is 110 cm³/mol. The maximum atomic E-state index is 12.4. The molecular formula is C20H18N2O6S. The minimum Gasteiger partial charge on any atom is -0.494 e. The number of carbonyl (C=O) groups excluding carboxylic acids is 2. The zero-order valence-corrected chi connectivity index (χ0v) is 16.5. The van der Waals surface area contributed by atoms with Crippen molar-refractivity contribution in [1.82, 2.24) is 0 Å². The molecule has 2 aromatic carbocycles. The number of esters is 1. The minimum atomic E-state index is -1.02. The van der Waals surface area contributed by atoms with Crippen LogP contribution in [0.15, 0.2) is 48.5 Å². The number of carbonyl (C=O) groups is 2. The van der Waals surface area contributed by atoms with E-state index in [1.165, 1.54) is 25.1 Å². The molecule has 1 heterocycles. The third-order valence-electron chi connectivity index (χ3n) is 4.00.